The molecule has 1 atom stereocenters. The van der Waals surface area contributed by atoms with Crippen LogP contribution in [0.2, 0.25) is 5.02 Å². The zero-order valence-electron chi connectivity index (χ0n) is 13.9. The van der Waals surface area contributed by atoms with E-state index in [0.29, 0.717) is 16.3 Å². The van der Waals surface area contributed by atoms with Gasteiger partial charge in [-0.05, 0) is 48.0 Å². The molecule has 1 heterocycles. The molecule has 0 aromatic heterocycles. The van der Waals surface area contributed by atoms with Crippen LogP contribution in [0.4, 0.5) is 17.1 Å². The molecule has 0 aliphatic carbocycles. The van der Waals surface area contributed by atoms with Gasteiger partial charge in [-0.3, -0.25) is 4.79 Å². The fraction of sp³-hybridized carbons (Fsp3) is 0.0952. The number of aliphatic hydroxyl groups is 1. The third-order valence-corrected chi connectivity index (χ3v) is 4.78. The number of anilines is 3. The monoisotopic (exact) mass is 364 g/mol. The van der Waals surface area contributed by atoms with E-state index in [9.17, 15) is 9.90 Å². The molecule has 4 rings (SSSR count). The average Bonchev–Trinajstić information content (AvgIpc) is 2.88. The first-order valence-corrected chi connectivity index (χ1v) is 8.67. The lowest BCUT2D eigenvalue weighted by Gasteiger charge is -2.21. The fourth-order valence-electron chi connectivity index (χ4n) is 3.19. The van der Waals surface area contributed by atoms with Gasteiger partial charge < -0.3 is 15.7 Å². The summed E-state index contributed by atoms with van der Waals surface area (Å²) in [7, 11) is 0. The lowest BCUT2D eigenvalue weighted by Crippen LogP contribution is -2.36. The Labute approximate surface area is 156 Å². The number of benzene rings is 3. The van der Waals surface area contributed by atoms with E-state index in [-0.39, 0.29) is 6.42 Å². The van der Waals surface area contributed by atoms with E-state index in [1.54, 1.807) is 18.2 Å². The van der Waals surface area contributed by atoms with Crippen LogP contribution in [0.3, 0.4) is 0 Å². The zero-order valence-corrected chi connectivity index (χ0v) is 14.6. The highest BCUT2D eigenvalue weighted by atomic mass is 35.5. The van der Waals surface area contributed by atoms with E-state index in [4.69, 9.17) is 11.6 Å². The molecule has 0 radical (unpaired) electrons. The normalized spacial score (nSPS) is 18.3. The molecule has 130 valence electrons. The molecule has 4 nitrogen and oxygen atoms in total. The topological polar surface area (TPSA) is 61.4 Å². The largest absolute Gasteiger partial charge is 0.375 e. The summed E-state index contributed by atoms with van der Waals surface area (Å²) in [4.78, 5) is 12.5. The van der Waals surface area contributed by atoms with E-state index in [1.807, 2.05) is 54.6 Å². The van der Waals surface area contributed by atoms with Crippen molar-refractivity contribution in [3.8, 4) is 0 Å². The Morgan fingerprint density at radius 3 is 2.38 bits per heavy atom. The number of rotatable bonds is 4. The van der Waals surface area contributed by atoms with Crippen LogP contribution in [0.15, 0.2) is 72.8 Å². The number of carbonyl (C=O) groups is 1. The van der Waals surface area contributed by atoms with Gasteiger partial charge in [-0.25, -0.2) is 0 Å². The highest BCUT2D eigenvalue weighted by Gasteiger charge is 2.45. The molecule has 0 fully saturated rings. The van der Waals surface area contributed by atoms with Crippen molar-refractivity contribution in [1.82, 2.24) is 0 Å². The van der Waals surface area contributed by atoms with Gasteiger partial charge in [-0.1, -0.05) is 41.9 Å². The van der Waals surface area contributed by atoms with E-state index in [1.165, 1.54) is 0 Å². The molecule has 0 saturated heterocycles. The molecule has 26 heavy (non-hydrogen) atoms. The van der Waals surface area contributed by atoms with Crippen LogP contribution in [-0.2, 0) is 16.8 Å². The maximum Gasteiger partial charge on any atom is 0.261 e. The highest BCUT2D eigenvalue weighted by Crippen LogP contribution is 2.40. The predicted molar refractivity (Wildman–Crippen MR) is 104 cm³/mol. The summed E-state index contributed by atoms with van der Waals surface area (Å²) in [6.45, 7) is 0. The Balaban J connectivity index is 1.66. The van der Waals surface area contributed by atoms with Crippen LogP contribution in [0.1, 0.15) is 11.1 Å². The standard InChI is InChI=1S/C21H17ClN2O2/c22-15-6-8-16(9-7-15)23-17-10-11-19-18(12-17)21(26,20(25)24-19)13-14-4-2-1-3-5-14/h1-12,23,26H,13H2,(H,24,25). The Bertz CT molecular complexity index is 958. The van der Waals surface area contributed by atoms with Crippen molar-refractivity contribution in [3.05, 3.63) is 88.9 Å². The number of amides is 1. The number of nitrogens with one attached hydrogen (secondary N) is 2. The van der Waals surface area contributed by atoms with Gasteiger partial charge in [-0.15, -0.1) is 0 Å². The molecular weight excluding hydrogens is 348 g/mol. The van der Waals surface area contributed by atoms with Crippen molar-refractivity contribution in [1.29, 1.82) is 0 Å². The van der Waals surface area contributed by atoms with Gasteiger partial charge in [0.25, 0.3) is 5.91 Å². The molecule has 0 saturated carbocycles. The molecule has 0 bridgehead atoms. The molecule has 3 aromatic rings. The summed E-state index contributed by atoms with van der Waals surface area (Å²) in [5.41, 5.74) is 2.18. The maximum absolute atomic E-state index is 12.5. The summed E-state index contributed by atoms with van der Waals surface area (Å²) >= 11 is 5.92. The van der Waals surface area contributed by atoms with Crippen LogP contribution in [0, 0.1) is 0 Å². The van der Waals surface area contributed by atoms with Crippen molar-refractivity contribution in [2.75, 3.05) is 10.6 Å². The van der Waals surface area contributed by atoms with Gasteiger partial charge in [0, 0.05) is 34.1 Å². The molecule has 3 aromatic carbocycles. The zero-order chi connectivity index (χ0) is 18.1. The van der Waals surface area contributed by atoms with E-state index in [2.05, 4.69) is 10.6 Å². The predicted octanol–water partition coefficient (Wildman–Crippen LogP) is 4.47. The van der Waals surface area contributed by atoms with Gasteiger partial charge >= 0.3 is 0 Å². The van der Waals surface area contributed by atoms with Crippen molar-refractivity contribution >= 4 is 34.6 Å². The quantitative estimate of drug-likeness (QED) is 0.640. The number of hydrogen-bond acceptors (Lipinski definition) is 3. The molecule has 1 amide bonds. The second-order valence-electron chi connectivity index (χ2n) is 6.37. The molecular formula is C21H17ClN2O2. The second-order valence-corrected chi connectivity index (χ2v) is 6.81. The summed E-state index contributed by atoms with van der Waals surface area (Å²) in [5.74, 6) is -0.403. The van der Waals surface area contributed by atoms with E-state index < -0.39 is 11.5 Å². The summed E-state index contributed by atoms with van der Waals surface area (Å²) in [6, 6.07) is 22.3. The SMILES string of the molecule is O=C1Nc2ccc(Nc3ccc(Cl)cc3)cc2C1(O)Cc1ccccc1. The van der Waals surface area contributed by atoms with Crippen LogP contribution >= 0.6 is 11.6 Å². The summed E-state index contributed by atoms with van der Waals surface area (Å²) < 4.78 is 0. The smallest absolute Gasteiger partial charge is 0.261 e. The Morgan fingerprint density at radius 2 is 1.65 bits per heavy atom. The first-order valence-electron chi connectivity index (χ1n) is 8.29. The van der Waals surface area contributed by atoms with Gasteiger partial charge in [-0.2, -0.15) is 0 Å². The third kappa shape index (κ3) is 3.05. The minimum atomic E-state index is -1.59. The van der Waals surface area contributed by atoms with Crippen molar-refractivity contribution < 1.29 is 9.90 Å². The minimum absolute atomic E-state index is 0.219. The summed E-state index contributed by atoms with van der Waals surface area (Å²) in [5, 5.41) is 17.8. The van der Waals surface area contributed by atoms with Gasteiger partial charge in [0.1, 0.15) is 0 Å². The van der Waals surface area contributed by atoms with E-state index in [0.717, 1.165) is 16.9 Å². The molecule has 1 unspecified atom stereocenters. The summed E-state index contributed by atoms with van der Waals surface area (Å²) in [6.07, 6.45) is 0.219. The average molecular weight is 365 g/mol. The van der Waals surface area contributed by atoms with Crippen LogP contribution < -0.4 is 10.6 Å². The lowest BCUT2D eigenvalue weighted by molar-refractivity contribution is -0.133. The van der Waals surface area contributed by atoms with Gasteiger partial charge in [0.05, 0.1) is 0 Å². The minimum Gasteiger partial charge on any atom is -0.375 e. The lowest BCUT2D eigenvalue weighted by atomic mass is 9.88. The first-order chi connectivity index (χ1) is 12.5. The second kappa shape index (κ2) is 6.48. The van der Waals surface area contributed by atoms with Gasteiger partial charge in [0.15, 0.2) is 5.60 Å². The molecule has 3 N–H and O–H groups in total. The Kier molecular flexibility index (Phi) is 4.15. The van der Waals surface area contributed by atoms with Crippen molar-refractivity contribution in [2.45, 2.75) is 12.0 Å². The maximum atomic E-state index is 12.5. The third-order valence-electron chi connectivity index (χ3n) is 4.52. The highest BCUT2D eigenvalue weighted by molar-refractivity contribution is 6.30. The fourth-order valence-corrected chi connectivity index (χ4v) is 3.31. The van der Waals surface area contributed by atoms with E-state index >= 15 is 0 Å². The Morgan fingerprint density at radius 1 is 0.962 bits per heavy atom. The first kappa shape index (κ1) is 16.6. The number of halogens is 1. The molecule has 1 aliphatic heterocycles. The molecule has 1 aliphatic rings. The molecule has 5 heteroatoms. The number of carbonyl (C=O) groups excluding carboxylic acids is 1. The van der Waals surface area contributed by atoms with Gasteiger partial charge in [0.2, 0.25) is 0 Å². The number of fused-ring (bicyclic) bond motifs is 1. The number of hydrogen-bond donors (Lipinski definition) is 3. The Hall–Kier alpha value is -2.82. The van der Waals surface area contributed by atoms with Crippen molar-refractivity contribution in [3.63, 3.8) is 0 Å². The molecule has 0 spiro atoms. The van der Waals surface area contributed by atoms with Crippen molar-refractivity contribution in [2.24, 2.45) is 0 Å². The van der Waals surface area contributed by atoms with Crippen LogP contribution in [-0.4, -0.2) is 11.0 Å². The van der Waals surface area contributed by atoms with Crippen LogP contribution in [0.25, 0.3) is 0 Å². The van der Waals surface area contributed by atoms with Crippen LogP contribution in [0.5, 0.6) is 0 Å².